The maximum atomic E-state index is 10.6. The standard InChI is InChI=1S/C7H14N2O2.ClH/c1-9-7(10)11-4-5-2-6(8)3-5;/h5-6H,2-4,8H2,1H3,(H,9,10);1H. The Morgan fingerprint density at radius 2 is 2.25 bits per heavy atom. The van der Waals surface area contributed by atoms with Gasteiger partial charge < -0.3 is 15.8 Å². The van der Waals surface area contributed by atoms with Crippen LogP contribution in [0.2, 0.25) is 0 Å². The number of nitrogens with two attached hydrogens (primary N) is 1. The summed E-state index contributed by atoms with van der Waals surface area (Å²) in [5, 5.41) is 2.39. The topological polar surface area (TPSA) is 64.3 Å². The van der Waals surface area contributed by atoms with Crippen molar-refractivity contribution in [3.05, 3.63) is 0 Å². The van der Waals surface area contributed by atoms with Crippen molar-refractivity contribution in [2.24, 2.45) is 11.7 Å². The summed E-state index contributed by atoms with van der Waals surface area (Å²) in [5.41, 5.74) is 5.55. The Kier molecular flexibility index (Phi) is 5.01. The first-order valence-corrected chi connectivity index (χ1v) is 3.82. The highest BCUT2D eigenvalue weighted by Gasteiger charge is 2.26. The van der Waals surface area contributed by atoms with Crippen LogP contribution in [0.5, 0.6) is 0 Å². The smallest absolute Gasteiger partial charge is 0.406 e. The minimum absolute atomic E-state index is 0. The predicted octanol–water partition coefficient (Wildman–Crippen LogP) is 0.502. The van der Waals surface area contributed by atoms with E-state index >= 15 is 0 Å². The number of nitrogens with one attached hydrogen (secondary N) is 1. The fourth-order valence-corrected chi connectivity index (χ4v) is 1.19. The summed E-state index contributed by atoms with van der Waals surface area (Å²) in [6.45, 7) is 0.507. The molecule has 0 aliphatic heterocycles. The summed E-state index contributed by atoms with van der Waals surface area (Å²) in [7, 11) is 1.55. The van der Waals surface area contributed by atoms with E-state index in [1.807, 2.05) is 0 Å². The quantitative estimate of drug-likeness (QED) is 0.673. The van der Waals surface area contributed by atoms with E-state index in [0.717, 1.165) is 12.8 Å². The fourth-order valence-electron chi connectivity index (χ4n) is 1.19. The van der Waals surface area contributed by atoms with Gasteiger partial charge in [-0.3, -0.25) is 0 Å². The van der Waals surface area contributed by atoms with Gasteiger partial charge in [0.05, 0.1) is 6.61 Å². The molecule has 1 aliphatic rings. The van der Waals surface area contributed by atoms with Crippen molar-refractivity contribution < 1.29 is 9.53 Å². The van der Waals surface area contributed by atoms with Crippen LogP contribution in [0.4, 0.5) is 4.79 Å². The van der Waals surface area contributed by atoms with Crippen LogP contribution in [0.1, 0.15) is 12.8 Å². The Hall–Kier alpha value is -0.480. The van der Waals surface area contributed by atoms with Gasteiger partial charge in [0.1, 0.15) is 0 Å². The Morgan fingerprint density at radius 1 is 1.67 bits per heavy atom. The molecule has 1 saturated carbocycles. The SMILES string of the molecule is CNC(=O)OCC1CC(N)C1.Cl. The molecule has 0 aromatic heterocycles. The first-order chi connectivity index (χ1) is 5.22. The van der Waals surface area contributed by atoms with Crippen LogP contribution in [0, 0.1) is 5.92 Å². The molecular weight excluding hydrogens is 180 g/mol. The first kappa shape index (κ1) is 11.5. The predicted molar refractivity (Wildman–Crippen MR) is 48.4 cm³/mol. The molecule has 72 valence electrons. The summed E-state index contributed by atoms with van der Waals surface area (Å²) < 4.78 is 4.84. The second kappa shape index (κ2) is 5.22. The van der Waals surface area contributed by atoms with Gasteiger partial charge in [0, 0.05) is 13.1 Å². The first-order valence-electron chi connectivity index (χ1n) is 3.82. The number of halogens is 1. The molecule has 0 heterocycles. The van der Waals surface area contributed by atoms with E-state index in [0.29, 0.717) is 18.6 Å². The number of alkyl carbamates (subject to hydrolysis) is 1. The molecule has 0 saturated heterocycles. The zero-order valence-electron chi connectivity index (χ0n) is 7.08. The Labute approximate surface area is 78.2 Å². The molecule has 4 nitrogen and oxygen atoms in total. The summed E-state index contributed by atoms with van der Waals surface area (Å²) in [4.78, 5) is 10.6. The number of rotatable bonds is 2. The van der Waals surface area contributed by atoms with Crippen molar-refractivity contribution in [1.29, 1.82) is 0 Å². The molecule has 0 aromatic carbocycles. The van der Waals surface area contributed by atoms with Crippen LogP contribution in [-0.4, -0.2) is 25.8 Å². The molecule has 1 fully saturated rings. The fraction of sp³-hybridized carbons (Fsp3) is 0.857. The number of carbonyl (C=O) groups is 1. The van der Waals surface area contributed by atoms with Crippen molar-refractivity contribution in [3.63, 3.8) is 0 Å². The summed E-state index contributed by atoms with van der Waals surface area (Å²) in [6.07, 6.45) is 1.61. The minimum Gasteiger partial charge on any atom is -0.449 e. The number of ether oxygens (including phenoxy) is 1. The normalized spacial score (nSPS) is 26.5. The maximum absolute atomic E-state index is 10.6. The van der Waals surface area contributed by atoms with Crippen LogP contribution in [0.25, 0.3) is 0 Å². The number of hydrogen-bond donors (Lipinski definition) is 2. The van der Waals surface area contributed by atoms with Crippen LogP contribution >= 0.6 is 12.4 Å². The number of amides is 1. The van der Waals surface area contributed by atoms with Gasteiger partial charge in [-0.1, -0.05) is 0 Å². The maximum Gasteiger partial charge on any atom is 0.406 e. The highest BCUT2D eigenvalue weighted by Crippen LogP contribution is 2.25. The Morgan fingerprint density at radius 3 is 2.67 bits per heavy atom. The molecular formula is C7H15ClN2O2. The van der Waals surface area contributed by atoms with E-state index in [2.05, 4.69) is 5.32 Å². The average molecular weight is 195 g/mol. The van der Waals surface area contributed by atoms with Gasteiger partial charge in [-0.2, -0.15) is 0 Å². The highest BCUT2D eigenvalue weighted by molar-refractivity contribution is 5.85. The summed E-state index contributed by atoms with van der Waals surface area (Å²) >= 11 is 0. The third-order valence-corrected chi connectivity index (χ3v) is 1.93. The molecule has 1 amide bonds. The van der Waals surface area contributed by atoms with Crippen LogP contribution in [0.3, 0.4) is 0 Å². The van der Waals surface area contributed by atoms with Gasteiger partial charge in [0.2, 0.25) is 0 Å². The van der Waals surface area contributed by atoms with Crippen molar-refractivity contribution in [2.45, 2.75) is 18.9 Å². The molecule has 0 unspecified atom stereocenters. The largest absolute Gasteiger partial charge is 0.449 e. The van der Waals surface area contributed by atoms with E-state index in [4.69, 9.17) is 10.5 Å². The van der Waals surface area contributed by atoms with Crippen molar-refractivity contribution in [2.75, 3.05) is 13.7 Å². The second-order valence-electron chi connectivity index (χ2n) is 2.95. The molecule has 5 heteroatoms. The minimum atomic E-state index is -0.356. The lowest BCUT2D eigenvalue weighted by molar-refractivity contribution is 0.0971. The van der Waals surface area contributed by atoms with E-state index in [1.54, 1.807) is 7.05 Å². The van der Waals surface area contributed by atoms with E-state index in [1.165, 1.54) is 0 Å². The highest BCUT2D eigenvalue weighted by atomic mass is 35.5. The third kappa shape index (κ3) is 3.28. The van der Waals surface area contributed by atoms with Crippen LogP contribution in [-0.2, 0) is 4.74 Å². The lowest BCUT2D eigenvalue weighted by Crippen LogP contribution is -2.39. The molecule has 3 N–H and O–H groups in total. The van der Waals surface area contributed by atoms with Crippen LogP contribution < -0.4 is 11.1 Å². The van der Waals surface area contributed by atoms with Gasteiger partial charge in [0.15, 0.2) is 0 Å². The van der Waals surface area contributed by atoms with Crippen molar-refractivity contribution in [3.8, 4) is 0 Å². The monoisotopic (exact) mass is 194 g/mol. The molecule has 1 rings (SSSR count). The van der Waals surface area contributed by atoms with Gasteiger partial charge in [0.25, 0.3) is 0 Å². The number of hydrogen-bond acceptors (Lipinski definition) is 3. The molecule has 0 atom stereocenters. The van der Waals surface area contributed by atoms with Gasteiger partial charge >= 0.3 is 6.09 Å². The molecule has 0 radical (unpaired) electrons. The third-order valence-electron chi connectivity index (χ3n) is 1.93. The van der Waals surface area contributed by atoms with E-state index in [-0.39, 0.29) is 18.5 Å². The van der Waals surface area contributed by atoms with Crippen LogP contribution in [0.15, 0.2) is 0 Å². The summed E-state index contributed by atoms with van der Waals surface area (Å²) in [5.74, 6) is 0.488. The van der Waals surface area contributed by atoms with E-state index in [9.17, 15) is 4.79 Å². The average Bonchev–Trinajstić information content (AvgIpc) is 1.95. The Balaban J connectivity index is 0.00000121. The molecule has 0 aromatic rings. The van der Waals surface area contributed by atoms with Crippen molar-refractivity contribution >= 4 is 18.5 Å². The van der Waals surface area contributed by atoms with E-state index < -0.39 is 0 Å². The lowest BCUT2D eigenvalue weighted by Gasteiger charge is -2.31. The molecule has 1 aliphatic carbocycles. The lowest BCUT2D eigenvalue weighted by atomic mass is 9.82. The number of carbonyl (C=O) groups excluding carboxylic acids is 1. The zero-order valence-corrected chi connectivity index (χ0v) is 7.89. The Bertz CT molecular complexity index is 148. The van der Waals surface area contributed by atoms with Gasteiger partial charge in [-0.15, -0.1) is 12.4 Å². The molecule has 0 bridgehead atoms. The second-order valence-corrected chi connectivity index (χ2v) is 2.95. The van der Waals surface area contributed by atoms with Gasteiger partial charge in [-0.05, 0) is 18.8 Å². The summed E-state index contributed by atoms with van der Waals surface area (Å²) in [6, 6.07) is 0.327. The molecule has 0 spiro atoms. The zero-order chi connectivity index (χ0) is 8.27. The van der Waals surface area contributed by atoms with Crippen molar-refractivity contribution in [1.82, 2.24) is 5.32 Å². The molecule has 12 heavy (non-hydrogen) atoms. The van der Waals surface area contributed by atoms with Gasteiger partial charge in [-0.25, -0.2) is 4.79 Å².